The minimum absolute atomic E-state index is 0.0354. The molecule has 1 aromatic rings. The number of benzene rings is 1. The fourth-order valence-electron chi connectivity index (χ4n) is 2.76. The number of carbonyl (C=O) groups is 1. The first-order valence-corrected chi connectivity index (χ1v) is 6.96. The molecule has 0 bridgehead atoms. The summed E-state index contributed by atoms with van der Waals surface area (Å²) in [6.45, 7) is 0.215. The molecule has 0 spiro atoms. The molecule has 1 aliphatic carbocycles. The highest BCUT2D eigenvalue weighted by molar-refractivity contribution is 5.79. The molecule has 0 heterocycles. The van der Waals surface area contributed by atoms with Crippen LogP contribution in [0.25, 0.3) is 0 Å². The van der Waals surface area contributed by atoms with Crippen LogP contribution in [0.15, 0.2) is 18.2 Å². The van der Waals surface area contributed by atoms with Crippen LogP contribution < -0.4 is 0 Å². The van der Waals surface area contributed by atoms with Gasteiger partial charge in [0, 0.05) is 12.6 Å². The molecule has 0 aliphatic heterocycles. The second-order valence-electron chi connectivity index (χ2n) is 5.17. The van der Waals surface area contributed by atoms with Crippen molar-refractivity contribution in [1.29, 1.82) is 0 Å². The van der Waals surface area contributed by atoms with Gasteiger partial charge in [-0.05, 0) is 30.5 Å². The molecule has 0 radical (unpaired) electrons. The summed E-state index contributed by atoms with van der Waals surface area (Å²) in [5, 5.41) is 9.09. The minimum Gasteiger partial charge on any atom is -0.395 e. The Hall–Kier alpha value is -1.49. The molecule has 1 aromatic carbocycles. The largest absolute Gasteiger partial charge is 0.395 e. The maximum absolute atomic E-state index is 13.1. The van der Waals surface area contributed by atoms with Gasteiger partial charge < -0.3 is 10.0 Å². The molecule has 110 valence electrons. The lowest BCUT2D eigenvalue weighted by Gasteiger charge is -2.28. The predicted molar refractivity (Wildman–Crippen MR) is 71.1 cm³/mol. The van der Waals surface area contributed by atoms with Crippen molar-refractivity contribution in [2.45, 2.75) is 38.1 Å². The van der Waals surface area contributed by atoms with E-state index in [1.54, 1.807) is 4.90 Å². The van der Waals surface area contributed by atoms with E-state index in [4.69, 9.17) is 5.11 Å². The summed E-state index contributed by atoms with van der Waals surface area (Å²) in [4.78, 5) is 14.0. The number of aliphatic hydroxyl groups excluding tert-OH is 1. The van der Waals surface area contributed by atoms with Gasteiger partial charge in [0.25, 0.3) is 0 Å². The second-order valence-corrected chi connectivity index (χ2v) is 5.17. The minimum atomic E-state index is -0.940. The molecule has 2 rings (SSSR count). The van der Waals surface area contributed by atoms with E-state index in [0.29, 0.717) is 12.1 Å². The average Bonchev–Trinajstić information content (AvgIpc) is 2.94. The van der Waals surface area contributed by atoms with Crippen molar-refractivity contribution in [3.8, 4) is 0 Å². The van der Waals surface area contributed by atoms with Crippen molar-refractivity contribution in [1.82, 2.24) is 4.90 Å². The summed E-state index contributed by atoms with van der Waals surface area (Å²) in [7, 11) is 0. The number of carbonyl (C=O) groups excluding carboxylic acids is 1. The van der Waals surface area contributed by atoms with Crippen LogP contribution in [0.2, 0.25) is 0 Å². The molecule has 1 aliphatic rings. The molecule has 5 heteroatoms. The van der Waals surface area contributed by atoms with Gasteiger partial charge in [-0.3, -0.25) is 4.79 Å². The topological polar surface area (TPSA) is 40.5 Å². The van der Waals surface area contributed by atoms with Crippen LogP contribution in [0.1, 0.15) is 31.2 Å². The van der Waals surface area contributed by atoms with Crippen LogP contribution in [-0.2, 0) is 11.2 Å². The van der Waals surface area contributed by atoms with Crippen LogP contribution in [-0.4, -0.2) is 35.1 Å². The summed E-state index contributed by atoms with van der Waals surface area (Å²) in [5.41, 5.74) is 0.454. The first-order valence-electron chi connectivity index (χ1n) is 6.96. The average molecular weight is 283 g/mol. The maximum Gasteiger partial charge on any atom is 0.227 e. The molecule has 20 heavy (non-hydrogen) atoms. The van der Waals surface area contributed by atoms with Crippen LogP contribution in [0.4, 0.5) is 8.78 Å². The number of halogens is 2. The van der Waals surface area contributed by atoms with E-state index in [0.717, 1.165) is 37.8 Å². The normalized spacial score (nSPS) is 15.6. The third-order valence-corrected chi connectivity index (χ3v) is 3.77. The van der Waals surface area contributed by atoms with Gasteiger partial charge in [-0.15, -0.1) is 0 Å². The first kappa shape index (κ1) is 14.9. The highest BCUT2D eigenvalue weighted by Crippen LogP contribution is 2.24. The van der Waals surface area contributed by atoms with E-state index in [2.05, 4.69) is 0 Å². The number of hydrogen-bond acceptors (Lipinski definition) is 2. The third-order valence-electron chi connectivity index (χ3n) is 3.77. The van der Waals surface area contributed by atoms with E-state index in [1.165, 1.54) is 6.07 Å². The number of amides is 1. The number of aliphatic hydroxyl groups is 1. The molecule has 0 aromatic heterocycles. The van der Waals surface area contributed by atoms with Gasteiger partial charge in [-0.25, -0.2) is 8.78 Å². The molecule has 1 saturated carbocycles. The van der Waals surface area contributed by atoms with E-state index in [-0.39, 0.29) is 25.0 Å². The lowest BCUT2D eigenvalue weighted by Crippen LogP contribution is -2.41. The highest BCUT2D eigenvalue weighted by atomic mass is 19.2. The number of rotatable bonds is 5. The Morgan fingerprint density at radius 3 is 2.55 bits per heavy atom. The first-order chi connectivity index (χ1) is 9.61. The number of nitrogens with zero attached hydrogens (tertiary/aromatic N) is 1. The SMILES string of the molecule is O=C(Cc1ccc(F)c(F)c1)N(CCO)C1CCCC1. The Labute approximate surface area is 117 Å². The molecular formula is C15H19F2NO2. The zero-order chi connectivity index (χ0) is 14.5. The van der Waals surface area contributed by atoms with Crippen molar-refractivity contribution >= 4 is 5.91 Å². The Morgan fingerprint density at radius 2 is 1.95 bits per heavy atom. The standard InChI is InChI=1S/C15H19F2NO2/c16-13-6-5-11(9-14(13)17)10-15(20)18(7-8-19)12-3-1-2-4-12/h5-6,9,12,19H,1-4,7-8,10H2. The maximum atomic E-state index is 13.1. The fraction of sp³-hybridized carbons (Fsp3) is 0.533. The van der Waals surface area contributed by atoms with Crippen molar-refractivity contribution < 1.29 is 18.7 Å². The number of hydrogen-bond donors (Lipinski definition) is 1. The summed E-state index contributed by atoms with van der Waals surface area (Å²) in [6, 6.07) is 3.67. The van der Waals surface area contributed by atoms with Crippen molar-refractivity contribution in [3.63, 3.8) is 0 Å². The Bertz CT molecular complexity index is 473. The van der Waals surface area contributed by atoms with E-state index in [9.17, 15) is 13.6 Å². The van der Waals surface area contributed by atoms with Gasteiger partial charge in [0.05, 0.1) is 13.0 Å². The predicted octanol–water partition coefficient (Wildman–Crippen LogP) is 2.27. The van der Waals surface area contributed by atoms with Gasteiger partial charge in [0.1, 0.15) is 0 Å². The summed E-state index contributed by atoms with van der Waals surface area (Å²) in [6.07, 6.45) is 4.11. The monoisotopic (exact) mass is 283 g/mol. The molecule has 0 atom stereocenters. The third kappa shape index (κ3) is 3.54. The van der Waals surface area contributed by atoms with Gasteiger partial charge in [0.15, 0.2) is 11.6 Å². The zero-order valence-electron chi connectivity index (χ0n) is 11.3. The molecule has 1 N–H and O–H groups in total. The Kier molecular flexibility index (Phi) is 5.06. The van der Waals surface area contributed by atoms with Crippen LogP contribution in [0.3, 0.4) is 0 Å². The molecular weight excluding hydrogens is 264 g/mol. The van der Waals surface area contributed by atoms with Gasteiger partial charge in [-0.2, -0.15) is 0 Å². The van der Waals surface area contributed by atoms with Crippen LogP contribution in [0, 0.1) is 11.6 Å². The van der Waals surface area contributed by atoms with E-state index >= 15 is 0 Å². The second kappa shape index (κ2) is 6.79. The Balaban J connectivity index is 2.05. The Morgan fingerprint density at radius 1 is 1.25 bits per heavy atom. The smallest absolute Gasteiger partial charge is 0.227 e. The van der Waals surface area contributed by atoms with Crippen molar-refractivity contribution in [3.05, 3.63) is 35.4 Å². The van der Waals surface area contributed by atoms with Crippen LogP contribution in [0.5, 0.6) is 0 Å². The summed E-state index contributed by atoms with van der Waals surface area (Å²) in [5.74, 6) is -1.99. The van der Waals surface area contributed by atoms with Crippen LogP contribution >= 0.6 is 0 Å². The highest BCUT2D eigenvalue weighted by Gasteiger charge is 2.26. The quantitative estimate of drug-likeness (QED) is 0.900. The lowest BCUT2D eigenvalue weighted by molar-refractivity contribution is -0.133. The summed E-state index contributed by atoms with van der Waals surface area (Å²) < 4.78 is 26.0. The molecule has 1 amide bonds. The van der Waals surface area contributed by atoms with E-state index in [1.807, 2.05) is 0 Å². The lowest BCUT2D eigenvalue weighted by atomic mass is 10.1. The molecule has 0 unspecified atom stereocenters. The molecule has 0 saturated heterocycles. The summed E-state index contributed by atoms with van der Waals surface area (Å²) >= 11 is 0. The zero-order valence-corrected chi connectivity index (χ0v) is 11.3. The van der Waals surface area contributed by atoms with Gasteiger partial charge in [-0.1, -0.05) is 18.9 Å². The van der Waals surface area contributed by atoms with E-state index < -0.39 is 11.6 Å². The van der Waals surface area contributed by atoms with Gasteiger partial charge >= 0.3 is 0 Å². The molecule has 1 fully saturated rings. The van der Waals surface area contributed by atoms with Gasteiger partial charge in [0.2, 0.25) is 5.91 Å². The fourth-order valence-corrected chi connectivity index (χ4v) is 2.76. The van der Waals surface area contributed by atoms with Crippen molar-refractivity contribution in [2.75, 3.05) is 13.2 Å². The molecule has 3 nitrogen and oxygen atoms in total. The van der Waals surface area contributed by atoms with Crippen molar-refractivity contribution in [2.24, 2.45) is 0 Å².